The third-order valence-electron chi connectivity index (χ3n) is 3.22. The van der Waals surface area contributed by atoms with Gasteiger partial charge in [0.1, 0.15) is 0 Å². The fourth-order valence-electron chi connectivity index (χ4n) is 2.19. The summed E-state index contributed by atoms with van der Waals surface area (Å²) in [5.74, 6) is 5.71. The number of halogens is 1. The number of nitrogens with one attached hydrogen (secondary N) is 1. The first-order chi connectivity index (χ1) is 9.13. The van der Waals surface area contributed by atoms with Gasteiger partial charge in [-0.3, -0.25) is 16.0 Å². The van der Waals surface area contributed by atoms with E-state index in [4.69, 9.17) is 5.84 Å². The maximum absolute atomic E-state index is 5.71. The Morgan fingerprint density at radius 1 is 1.42 bits per heavy atom. The lowest BCUT2D eigenvalue weighted by Gasteiger charge is -2.16. The first-order valence-corrected chi connectivity index (χ1v) is 7.16. The molecule has 19 heavy (non-hydrogen) atoms. The molecule has 0 bridgehead atoms. The van der Waals surface area contributed by atoms with E-state index < -0.39 is 0 Å². The van der Waals surface area contributed by atoms with Crippen LogP contribution in [0.3, 0.4) is 0 Å². The average molecular weight is 323 g/mol. The summed E-state index contributed by atoms with van der Waals surface area (Å²) >= 11 is 3.49. The van der Waals surface area contributed by atoms with E-state index in [1.807, 2.05) is 23.9 Å². The maximum Gasteiger partial charge on any atom is 0.0669 e. The SMILES string of the molecule is CCc1cc(C(Cc2cccc(Br)c2)NN)n(C)n1. The van der Waals surface area contributed by atoms with Crippen molar-refractivity contribution >= 4 is 15.9 Å². The lowest BCUT2D eigenvalue weighted by atomic mass is 10.0. The zero-order chi connectivity index (χ0) is 13.8. The van der Waals surface area contributed by atoms with Crippen molar-refractivity contribution in [1.82, 2.24) is 15.2 Å². The molecular formula is C14H19BrN4. The van der Waals surface area contributed by atoms with E-state index in [0.717, 1.165) is 28.7 Å². The molecule has 0 saturated heterocycles. The van der Waals surface area contributed by atoms with E-state index in [2.05, 4.69) is 51.6 Å². The van der Waals surface area contributed by atoms with Crippen molar-refractivity contribution in [3.8, 4) is 0 Å². The molecule has 0 fully saturated rings. The molecule has 4 nitrogen and oxygen atoms in total. The van der Waals surface area contributed by atoms with E-state index in [1.54, 1.807) is 0 Å². The van der Waals surface area contributed by atoms with Crippen molar-refractivity contribution in [3.63, 3.8) is 0 Å². The number of benzene rings is 1. The molecule has 1 unspecified atom stereocenters. The Bertz CT molecular complexity index is 550. The van der Waals surface area contributed by atoms with Crippen LogP contribution in [0.2, 0.25) is 0 Å². The van der Waals surface area contributed by atoms with E-state index >= 15 is 0 Å². The van der Waals surface area contributed by atoms with Crippen molar-refractivity contribution in [2.75, 3.05) is 0 Å². The van der Waals surface area contributed by atoms with E-state index in [1.165, 1.54) is 5.56 Å². The molecule has 1 atom stereocenters. The number of rotatable bonds is 5. The van der Waals surface area contributed by atoms with E-state index in [0.29, 0.717) is 0 Å². The van der Waals surface area contributed by atoms with Crippen molar-refractivity contribution < 1.29 is 0 Å². The molecule has 3 N–H and O–H groups in total. The summed E-state index contributed by atoms with van der Waals surface area (Å²) in [4.78, 5) is 0. The number of nitrogens with zero attached hydrogens (tertiary/aromatic N) is 2. The summed E-state index contributed by atoms with van der Waals surface area (Å²) in [6, 6.07) is 10.4. The van der Waals surface area contributed by atoms with Crippen molar-refractivity contribution in [2.24, 2.45) is 12.9 Å². The van der Waals surface area contributed by atoms with Crippen LogP contribution in [0.25, 0.3) is 0 Å². The van der Waals surface area contributed by atoms with Crippen LogP contribution in [-0.4, -0.2) is 9.78 Å². The van der Waals surface area contributed by atoms with Crippen LogP contribution >= 0.6 is 15.9 Å². The molecule has 0 aliphatic rings. The van der Waals surface area contributed by atoms with Crippen molar-refractivity contribution in [2.45, 2.75) is 25.8 Å². The molecule has 0 aliphatic carbocycles. The van der Waals surface area contributed by atoms with Crippen molar-refractivity contribution in [1.29, 1.82) is 0 Å². The Morgan fingerprint density at radius 2 is 2.21 bits per heavy atom. The minimum Gasteiger partial charge on any atom is -0.271 e. The highest BCUT2D eigenvalue weighted by molar-refractivity contribution is 9.10. The Hall–Kier alpha value is -1.17. The monoisotopic (exact) mass is 322 g/mol. The summed E-state index contributed by atoms with van der Waals surface area (Å²) < 4.78 is 2.99. The number of aromatic nitrogens is 2. The maximum atomic E-state index is 5.71. The van der Waals surface area contributed by atoms with Gasteiger partial charge in [0.15, 0.2) is 0 Å². The largest absolute Gasteiger partial charge is 0.271 e. The zero-order valence-electron chi connectivity index (χ0n) is 11.2. The normalized spacial score (nSPS) is 12.6. The first-order valence-electron chi connectivity index (χ1n) is 6.37. The first kappa shape index (κ1) is 14.2. The molecule has 1 aromatic heterocycles. The minimum atomic E-state index is 0.0621. The Kier molecular flexibility index (Phi) is 4.74. The Labute approximate surface area is 122 Å². The number of nitrogens with two attached hydrogens (primary N) is 1. The average Bonchev–Trinajstić information content (AvgIpc) is 2.77. The third kappa shape index (κ3) is 3.43. The molecular weight excluding hydrogens is 304 g/mol. The van der Waals surface area contributed by atoms with Gasteiger partial charge in [0.25, 0.3) is 0 Å². The molecule has 102 valence electrons. The molecule has 1 heterocycles. The minimum absolute atomic E-state index is 0.0621. The second-order valence-electron chi connectivity index (χ2n) is 4.59. The summed E-state index contributed by atoms with van der Waals surface area (Å²) in [6.07, 6.45) is 1.76. The van der Waals surface area contributed by atoms with Gasteiger partial charge >= 0.3 is 0 Å². The molecule has 2 rings (SSSR count). The predicted octanol–water partition coefficient (Wildman–Crippen LogP) is 2.49. The summed E-state index contributed by atoms with van der Waals surface area (Å²) in [7, 11) is 1.96. The molecule has 2 aromatic rings. The quantitative estimate of drug-likeness (QED) is 0.657. The predicted molar refractivity (Wildman–Crippen MR) is 80.5 cm³/mol. The number of hydrogen-bond acceptors (Lipinski definition) is 3. The highest BCUT2D eigenvalue weighted by Crippen LogP contribution is 2.20. The fourth-order valence-corrected chi connectivity index (χ4v) is 2.64. The highest BCUT2D eigenvalue weighted by Gasteiger charge is 2.16. The lowest BCUT2D eigenvalue weighted by molar-refractivity contribution is 0.508. The smallest absolute Gasteiger partial charge is 0.0669 e. The second-order valence-corrected chi connectivity index (χ2v) is 5.51. The van der Waals surface area contributed by atoms with Gasteiger partial charge in [-0.1, -0.05) is 35.0 Å². The van der Waals surface area contributed by atoms with Gasteiger partial charge in [0.2, 0.25) is 0 Å². The van der Waals surface area contributed by atoms with Crippen LogP contribution in [-0.2, 0) is 19.9 Å². The van der Waals surface area contributed by atoms with Crippen LogP contribution in [0, 0.1) is 0 Å². The van der Waals surface area contributed by atoms with Gasteiger partial charge in [-0.05, 0) is 36.6 Å². The van der Waals surface area contributed by atoms with Gasteiger partial charge in [-0.15, -0.1) is 0 Å². The molecule has 5 heteroatoms. The summed E-state index contributed by atoms with van der Waals surface area (Å²) in [5.41, 5.74) is 6.32. The van der Waals surface area contributed by atoms with Gasteiger partial charge < -0.3 is 0 Å². The van der Waals surface area contributed by atoms with Gasteiger partial charge in [0.05, 0.1) is 17.4 Å². The Balaban J connectivity index is 2.22. The van der Waals surface area contributed by atoms with Gasteiger partial charge in [-0.25, -0.2) is 0 Å². The number of hydrogen-bond donors (Lipinski definition) is 2. The van der Waals surface area contributed by atoms with Crippen LogP contribution in [0.1, 0.15) is 29.9 Å². The third-order valence-corrected chi connectivity index (χ3v) is 3.71. The molecule has 0 aliphatic heterocycles. The molecule has 0 radical (unpaired) electrons. The van der Waals surface area contributed by atoms with E-state index in [9.17, 15) is 0 Å². The lowest BCUT2D eigenvalue weighted by Crippen LogP contribution is -2.31. The molecule has 0 spiro atoms. The van der Waals surface area contributed by atoms with Crippen LogP contribution < -0.4 is 11.3 Å². The standard InChI is InChI=1S/C14H19BrN4/c1-3-12-9-14(19(2)18-12)13(17-16)8-10-5-4-6-11(15)7-10/h4-7,9,13,17H,3,8,16H2,1-2H3. The van der Waals surface area contributed by atoms with Gasteiger partial charge in [0, 0.05) is 11.5 Å². The molecule has 0 amide bonds. The van der Waals surface area contributed by atoms with Crippen LogP contribution in [0.4, 0.5) is 0 Å². The van der Waals surface area contributed by atoms with E-state index in [-0.39, 0.29) is 6.04 Å². The molecule has 1 aromatic carbocycles. The summed E-state index contributed by atoms with van der Waals surface area (Å²) in [6.45, 7) is 2.10. The fraction of sp³-hybridized carbons (Fsp3) is 0.357. The topological polar surface area (TPSA) is 55.9 Å². The number of hydrazine groups is 1. The van der Waals surface area contributed by atoms with Crippen molar-refractivity contribution in [3.05, 3.63) is 51.8 Å². The second kappa shape index (κ2) is 6.32. The van der Waals surface area contributed by atoms with Gasteiger partial charge in [-0.2, -0.15) is 5.10 Å². The Morgan fingerprint density at radius 3 is 2.79 bits per heavy atom. The van der Waals surface area contributed by atoms with Crippen LogP contribution in [0.5, 0.6) is 0 Å². The zero-order valence-corrected chi connectivity index (χ0v) is 12.8. The van der Waals surface area contributed by atoms with Crippen LogP contribution in [0.15, 0.2) is 34.8 Å². The highest BCUT2D eigenvalue weighted by atomic mass is 79.9. The molecule has 0 saturated carbocycles. The summed E-state index contributed by atoms with van der Waals surface area (Å²) in [5, 5.41) is 4.47. The number of aryl methyl sites for hydroxylation is 2.